The zero-order valence-corrected chi connectivity index (χ0v) is 6.03. The molecule has 0 amide bonds. The van der Waals surface area contributed by atoms with Gasteiger partial charge in [-0.05, 0) is 12.6 Å². The van der Waals surface area contributed by atoms with Crippen molar-refractivity contribution in [3.05, 3.63) is 0 Å². The van der Waals surface area contributed by atoms with Crippen molar-refractivity contribution < 1.29 is 4.79 Å². The Balaban J connectivity index is 3.79. The standard InChI is InChI=1S/C2Cl3OS/c3-2(4,5)1(6)7. The molecule has 0 aliphatic carbocycles. The summed E-state index contributed by atoms with van der Waals surface area (Å²) in [4.78, 5) is 9.88. The largest absolute Gasteiger partial charge is 0.277 e. The summed E-state index contributed by atoms with van der Waals surface area (Å²) in [5.41, 5.74) is 0. The Morgan fingerprint density at radius 3 is 1.57 bits per heavy atom. The molecule has 0 N–H and O–H groups in total. The van der Waals surface area contributed by atoms with Gasteiger partial charge in [0.1, 0.15) is 0 Å². The summed E-state index contributed by atoms with van der Waals surface area (Å²) in [5.74, 6) is 0. The Labute approximate surface area is 61.3 Å². The average molecular weight is 178 g/mol. The lowest BCUT2D eigenvalue weighted by Crippen LogP contribution is -2.10. The first-order valence-corrected chi connectivity index (χ1v) is 2.77. The lowest BCUT2D eigenvalue weighted by molar-refractivity contribution is -0.110. The predicted octanol–water partition coefficient (Wildman–Crippen LogP) is 2.08. The topological polar surface area (TPSA) is 17.1 Å². The lowest BCUT2D eigenvalue weighted by Gasteiger charge is -1.99. The van der Waals surface area contributed by atoms with E-state index in [4.69, 9.17) is 34.8 Å². The Hall–Kier alpha value is 0.760. The molecule has 1 radical (unpaired) electrons. The second kappa shape index (κ2) is 2.35. The minimum atomic E-state index is -1.91. The first-order chi connectivity index (χ1) is 2.94. The molecule has 1 nitrogen and oxygen atoms in total. The van der Waals surface area contributed by atoms with Crippen molar-refractivity contribution in [1.82, 2.24) is 0 Å². The summed E-state index contributed by atoms with van der Waals surface area (Å²) < 4.78 is -1.91. The summed E-state index contributed by atoms with van der Waals surface area (Å²) in [6.45, 7) is 0. The molecule has 0 bridgehead atoms. The van der Waals surface area contributed by atoms with Crippen molar-refractivity contribution >= 4 is 52.5 Å². The summed E-state index contributed by atoms with van der Waals surface area (Å²) >= 11 is 18.8. The van der Waals surface area contributed by atoms with Crippen LogP contribution < -0.4 is 0 Å². The fraction of sp³-hybridized carbons (Fsp3) is 0.500. The van der Waals surface area contributed by atoms with Gasteiger partial charge in [-0.3, -0.25) is 4.79 Å². The fourth-order valence-electron chi connectivity index (χ4n) is 0. The molecule has 0 aromatic rings. The van der Waals surface area contributed by atoms with Crippen LogP contribution in [0.2, 0.25) is 0 Å². The maximum Gasteiger partial charge on any atom is 0.270 e. The highest BCUT2D eigenvalue weighted by molar-refractivity contribution is 7.97. The van der Waals surface area contributed by atoms with Gasteiger partial charge in [0.25, 0.3) is 8.91 Å². The molecular formula is C2Cl3OS. The van der Waals surface area contributed by atoms with Crippen LogP contribution in [0.5, 0.6) is 0 Å². The van der Waals surface area contributed by atoms with Crippen molar-refractivity contribution in [1.29, 1.82) is 0 Å². The number of carbonyl (C=O) groups is 1. The van der Waals surface area contributed by atoms with Gasteiger partial charge in [0.15, 0.2) is 0 Å². The van der Waals surface area contributed by atoms with E-state index in [0.29, 0.717) is 0 Å². The normalized spacial score (nSPS) is 11.3. The average Bonchev–Trinajstić information content (AvgIpc) is 1.31. The Kier molecular flexibility index (Phi) is 2.61. The van der Waals surface area contributed by atoms with Crippen LogP contribution >= 0.6 is 47.4 Å². The quantitative estimate of drug-likeness (QED) is 0.519. The van der Waals surface area contributed by atoms with Crippen molar-refractivity contribution in [3.8, 4) is 0 Å². The van der Waals surface area contributed by atoms with Gasteiger partial charge in [-0.2, -0.15) is 0 Å². The molecule has 0 aromatic carbocycles. The van der Waals surface area contributed by atoms with Gasteiger partial charge in [0.2, 0.25) is 0 Å². The van der Waals surface area contributed by atoms with Crippen LogP contribution in [0, 0.1) is 0 Å². The maximum absolute atomic E-state index is 9.88. The molecule has 0 unspecified atom stereocenters. The molecule has 0 saturated heterocycles. The maximum atomic E-state index is 9.88. The highest BCUT2D eigenvalue weighted by Crippen LogP contribution is 2.27. The predicted molar refractivity (Wildman–Crippen MR) is 32.9 cm³/mol. The van der Waals surface area contributed by atoms with E-state index in [-0.39, 0.29) is 0 Å². The number of hydrogen-bond acceptors (Lipinski definition) is 1. The van der Waals surface area contributed by atoms with Gasteiger partial charge in [-0.25, -0.2) is 0 Å². The number of halogens is 3. The van der Waals surface area contributed by atoms with Crippen LogP contribution in [-0.2, 0) is 4.79 Å². The first kappa shape index (κ1) is 7.76. The van der Waals surface area contributed by atoms with E-state index in [1.807, 2.05) is 0 Å². The molecule has 0 aromatic heterocycles. The third kappa shape index (κ3) is 3.35. The molecule has 41 valence electrons. The van der Waals surface area contributed by atoms with Gasteiger partial charge in [0, 0.05) is 0 Å². The van der Waals surface area contributed by atoms with Crippen LogP contribution in [0.4, 0.5) is 0 Å². The van der Waals surface area contributed by atoms with Crippen LogP contribution in [0.1, 0.15) is 0 Å². The van der Waals surface area contributed by atoms with E-state index in [1.54, 1.807) is 0 Å². The minimum absolute atomic E-state index is 0.877. The molecule has 5 heteroatoms. The molecule has 0 spiro atoms. The van der Waals surface area contributed by atoms with Gasteiger partial charge in [0.05, 0.1) is 0 Å². The van der Waals surface area contributed by atoms with E-state index < -0.39 is 8.91 Å². The molecule has 0 heterocycles. The van der Waals surface area contributed by atoms with Crippen molar-refractivity contribution in [2.75, 3.05) is 0 Å². The number of rotatable bonds is 0. The Morgan fingerprint density at radius 1 is 1.43 bits per heavy atom. The molecule has 0 rings (SSSR count). The Morgan fingerprint density at radius 2 is 1.57 bits per heavy atom. The molecular weight excluding hydrogens is 178 g/mol. The van der Waals surface area contributed by atoms with Crippen LogP contribution in [0.25, 0.3) is 0 Å². The van der Waals surface area contributed by atoms with Crippen molar-refractivity contribution in [2.24, 2.45) is 0 Å². The smallest absolute Gasteiger partial charge is 0.270 e. The third-order valence-corrected chi connectivity index (χ3v) is 1.39. The summed E-state index contributed by atoms with van der Waals surface area (Å²) in [7, 11) is 0. The summed E-state index contributed by atoms with van der Waals surface area (Å²) in [6, 6.07) is 0. The van der Waals surface area contributed by atoms with E-state index in [9.17, 15) is 4.79 Å². The molecule has 0 atom stereocenters. The second-order valence-electron chi connectivity index (χ2n) is 0.785. The lowest BCUT2D eigenvalue weighted by atomic mass is 10.9. The Bertz CT molecular complexity index is 85.4. The zero-order valence-electron chi connectivity index (χ0n) is 2.95. The molecule has 0 aliphatic heterocycles. The highest BCUT2D eigenvalue weighted by Gasteiger charge is 2.27. The van der Waals surface area contributed by atoms with Gasteiger partial charge >= 0.3 is 0 Å². The van der Waals surface area contributed by atoms with E-state index in [0.717, 1.165) is 0 Å². The summed E-state index contributed by atoms with van der Waals surface area (Å²) in [6.07, 6.45) is 0. The minimum Gasteiger partial charge on any atom is -0.277 e. The molecule has 7 heavy (non-hydrogen) atoms. The third-order valence-electron chi connectivity index (χ3n) is 0.231. The van der Waals surface area contributed by atoms with Crippen LogP contribution in [-0.4, -0.2) is 8.91 Å². The van der Waals surface area contributed by atoms with E-state index in [1.165, 1.54) is 0 Å². The number of hydrogen-bond donors (Lipinski definition) is 0. The molecule has 0 saturated carbocycles. The van der Waals surface area contributed by atoms with Crippen LogP contribution in [0.3, 0.4) is 0 Å². The van der Waals surface area contributed by atoms with Crippen molar-refractivity contribution in [3.63, 3.8) is 0 Å². The summed E-state index contributed by atoms with van der Waals surface area (Å²) in [5, 5.41) is -0.877. The first-order valence-electron chi connectivity index (χ1n) is 1.23. The van der Waals surface area contributed by atoms with Crippen molar-refractivity contribution in [2.45, 2.75) is 3.79 Å². The fourth-order valence-corrected chi connectivity index (χ4v) is 0. The number of alkyl halides is 3. The molecule has 0 fully saturated rings. The highest BCUT2D eigenvalue weighted by atomic mass is 35.6. The van der Waals surface area contributed by atoms with Gasteiger partial charge < -0.3 is 0 Å². The van der Waals surface area contributed by atoms with Crippen LogP contribution in [0.15, 0.2) is 0 Å². The zero-order chi connectivity index (χ0) is 6.08. The van der Waals surface area contributed by atoms with Gasteiger partial charge in [-0.1, -0.05) is 34.8 Å². The number of carbonyl (C=O) groups excluding carboxylic acids is 1. The van der Waals surface area contributed by atoms with E-state index >= 15 is 0 Å². The SMILES string of the molecule is O=C([S])C(Cl)(Cl)Cl. The van der Waals surface area contributed by atoms with E-state index in [2.05, 4.69) is 12.6 Å². The monoisotopic (exact) mass is 177 g/mol. The second-order valence-corrected chi connectivity index (χ2v) is 3.44. The van der Waals surface area contributed by atoms with Gasteiger partial charge in [-0.15, -0.1) is 0 Å². The molecule has 0 aliphatic rings.